The van der Waals surface area contributed by atoms with Crippen molar-refractivity contribution < 1.29 is 22.5 Å². The molecule has 1 aromatic carbocycles. The maximum Gasteiger partial charge on any atom is 0.387 e. The predicted molar refractivity (Wildman–Crippen MR) is 94.5 cm³/mol. The van der Waals surface area contributed by atoms with E-state index in [-0.39, 0.29) is 17.9 Å². The fraction of sp³-hybridized carbons (Fsp3) is 0.111. The van der Waals surface area contributed by atoms with Crippen molar-refractivity contribution in [2.75, 3.05) is 0 Å². The Bertz CT molecular complexity index is 1310. The first-order valence-electron chi connectivity index (χ1n) is 8.25. The number of alkyl halides is 2. The molecular formula is C18H12F2N4O5. The van der Waals surface area contributed by atoms with Crippen molar-refractivity contribution in [1.82, 2.24) is 19.6 Å². The van der Waals surface area contributed by atoms with Gasteiger partial charge in [0.15, 0.2) is 5.58 Å². The first kappa shape index (κ1) is 18.3. The Morgan fingerprint density at radius 2 is 1.90 bits per heavy atom. The summed E-state index contributed by atoms with van der Waals surface area (Å²) in [6.45, 7) is -2.82. The second-order valence-electron chi connectivity index (χ2n) is 5.84. The van der Waals surface area contributed by atoms with Gasteiger partial charge in [-0.05, 0) is 17.7 Å². The summed E-state index contributed by atoms with van der Waals surface area (Å²) < 4.78 is 41.6. The second kappa shape index (κ2) is 7.54. The molecular weight excluding hydrogens is 390 g/mol. The molecule has 0 amide bonds. The number of aromatic nitrogens is 4. The quantitative estimate of drug-likeness (QED) is 0.504. The van der Waals surface area contributed by atoms with Crippen LogP contribution in [0.1, 0.15) is 5.69 Å². The largest absolute Gasteiger partial charge is 0.435 e. The van der Waals surface area contributed by atoms with Crippen LogP contribution in [0.5, 0.6) is 5.75 Å². The van der Waals surface area contributed by atoms with Gasteiger partial charge < -0.3 is 13.7 Å². The molecule has 3 heterocycles. The van der Waals surface area contributed by atoms with E-state index in [1.165, 1.54) is 29.2 Å². The zero-order chi connectivity index (χ0) is 20.4. The van der Waals surface area contributed by atoms with E-state index in [2.05, 4.69) is 14.9 Å². The normalized spacial score (nSPS) is 11.1. The molecule has 0 saturated heterocycles. The molecule has 4 rings (SSSR count). The van der Waals surface area contributed by atoms with E-state index in [4.69, 9.17) is 8.94 Å². The van der Waals surface area contributed by atoms with Crippen LogP contribution in [0.2, 0.25) is 0 Å². The molecule has 0 aliphatic heterocycles. The highest BCUT2D eigenvalue weighted by molar-refractivity contribution is 5.63. The Hall–Kier alpha value is -4.02. The van der Waals surface area contributed by atoms with Crippen LogP contribution in [-0.4, -0.2) is 26.2 Å². The topological polar surface area (TPSA) is 105 Å². The molecule has 0 saturated carbocycles. The van der Waals surface area contributed by atoms with Gasteiger partial charge >= 0.3 is 17.9 Å². The predicted octanol–water partition coefficient (Wildman–Crippen LogP) is 2.32. The van der Waals surface area contributed by atoms with Gasteiger partial charge in [0.2, 0.25) is 0 Å². The van der Waals surface area contributed by atoms with Crippen LogP contribution in [0.15, 0.2) is 73.5 Å². The van der Waals surface area contributed by atoms with Gasteiger partial charge in [-0.3, -0.25) is 4.68 Å². The second-order valence-corrected chi connectivity index (χ2v) is 5.84. The lowest BCUT2D eigenvalue weighted by atomic mass is 10.1. The van der Waals surface area contributed by atoms with E-state index in [1.807, 2.05) is 0 Å². The minimum atomic E-state index is -2.92. The third-order valence-electron chi connectivity index (χ3n) is 3.82. The molecule has 11 heteroatoms. The summed E-state index contributed by atoms with van der Waals surface area (Å²) in [6.07, 6.45) is 4.45. The van der Waals surface area contributed by atoms with E-state index in [9.17, 15) is 18.4 Å². The van der Waals surface area contributed by atoms with Crippen LogP contribution < -0.4 is 16.0 Å². The maximum absolute atomic E-state index is 12.4. The van der Waals surface area contributed by atoms with Gasteiger partial charge in [-0.25, -0.2) is 9.59 Å². The Morgan fingerprint density at radius 3 is 2.72 bits per heavy atom. The Kier molecular flexibility index (Phi) is 4.77. The number of nitrogens with zero attached hydrogens (tertiary/aromatic N) is 4. The van der Waals surface area contributed by atoms with E-state index < -0.39 is 17.9 Å². The molecule has 29 heavy (non-hydrogen) atoms. The highest BCUT2D eigenvalue weighted by Crippen LogP contribution is 2.24. The summed E-state index contributed by atoms with van der Waals surface area (Å²) in [5.41, 5.74) is 0.154. The number of rotatable bonds is 5. The third-order valence-corrected chi connectivity index (χ3v) is 3.82. The van der Waals surface area contributed by atoms with Crippen LogP contribution in [-0.2, 0) is 6.54 Å². The minimum absolute atomic E-state index is 0.0301. The highest BCUT2D eigenvalue weighted by Gasteiger charge is 2.11. The van der Waals surface area contributed by atoms with Crippen LogP contribution >= 0.6 is 0 Å². The molecule has 9 nitrogen and oxygen atoms in total. The molecule has 2 bridgehead atoms. The van der Waals surface area contributed by atoms with Gasteiger partial charge in [0.1, 0.15) is 17.6 Å². The van der Waals surface area contributed by atoms with Crippen LogP contribution in [0, 0.1) is 0 Å². The van der Waals surface area contributed by atoms with Gasteiger partial charge in [0, 0.05) is 23.9 Å². The molecule has 0 spiro atoms. The van der Waals surface area contributed by atoms with E-state index >= 15 is 0 Å². The molecule has 4 aromatic rings. The summed E-state index contributed by atoms with van der Waals surface area (Å²) in [4.78, 5) is 23.2. The fourth-order valence-corrected chi connectivity index (χ4v) is 2.62. The van der Waals surface area contributed by atoms with E-state index in [0.717, 1.165) is 16.8 Å². The van der Waals surface area contributed by atoms with Crippen LogP contribution in [0.25, 0.3) is 16.7 Å². The van der Waals surface area contributed by atoms with Gasteiger partial charge in [0.25, 0.3) is 0 Å². The molecule has 148 valence electrons. The smallest absolute Gasteiger partial charge is 0.387 e. The van der Waals surface area contributed by atoms with Crippen LogP contribution in [0.4, 0.5) is 8.78 Å². The van der Waals surface area contributed by atoms with E-state index in [0.29, 0.717) is 16.8 Å². The molecule has 0 unspecified atom stereocenters. The molecule has 0 fully saturated rings. The summed E-state index contributed by atoms with van der Waals surface area (Å²) in [5.74, 6) is 0.0301. The third kappa shape index (κ3) is 4.29. The first-order chi connectivity index (χ1) is 14.0. The standard InChI is InChI=1S/C18H12F2N4O5/c19-18(20)27-13-3-1-2-11(6-13)12-7-21-23(8-12)9-14-15-10-24(22-14)29-17(26)5-4-16(25)28-15/h1-8,10,18H,9H2. The monoisotopic (exact) mass is 402 g/mol. The van der Waals surface area contributed by atoms with Crippen molar-refractivity contribution in [1.29, 1.82) is 0 Å². The Balaban J connectivity index is 1.65. The number of halogens is 2. The van der Waals surface area contributed by atoms with Gasteiger partial charge in [-0.1, -0.05) is 16.8 Å². The van der Waals surface area contributed by atoms with Crippen molar-refractivity contribution in [2.24, 2.45) is 0 Å². The fourth-order valence-electron chi connectivity index (χ4n) is 2.62. The Morgan fingerprint density at radius 1 is 1.07 bits per heavy atom. The summed E-state index contributed by atoms with van der Waals surface area (Å²) >= 11 is 0. The summed E-state index contributed by atoms with van der Waals surface area (Å²) in [5, 5.41) is 8.26. The van der Waals surface area contributed by atoms with Crippen molar-refractivity contribution >= 4 is 5.58 Å². The average Bonchev–Trinajstić information content (AvgIpc) is 3.28. The number of hydrogen-bond donors (Lipinski definition) is 0. The van der Waals surface area contributed by atoms with Gasteiger partial charge in [0.05, 0.1) is 12.7 Å². The maximum atomic E-state index is 12.4. The zero-order valence-corrected chi connectivity index (χ0v) is 14.6. The first-order valence-corrected chi connectivity index (χ1v) is 8.25. The Labute approximate surface area is 160 Å². The lowest BCUT2D eigenvalue weighted by Gasteiger charge is -2.05. The van der Waals surface area contributed by atoms with Crippen molar-refractivity contribution in [3.8, 4) is 16.9 Å². The lowest BCUT2D eigenvalue weighted by molar-refractivity contribution is -0.0498. The molecule has 3 aromatic heterocycles. The van der Waals surface area contributed by atoms with Gasteiger partial charge in [-0.15, -0.1) is 5.10 Å². The average molecular weight is 402 g/mol. The number of hydrogen-bond acceptors (Lipinski definition) is 7. The SMILES string of the molecule is O=c1ccc(=O)on2cc(o1)c(Cn1cc(-c3cccc(OC(F)F)c3)cn1)n2. The van der Waals surface area contributed by atoms with E-state index in [1.54, 1.807) is 18.3 Å². The number of benzene rings is 1. The molecule has 0 aliphatic carbocycles. The molecule has 0 radical (unpaired) electrons. The number of fused-ring (bicyclic) bond motifs is 2. The van der Waals surface area contributed by atoms with Crippen molar-refractivity contribution in [3.63, 3.8) is 0 Å². The summed E-state index contributed by atoms with van der Waals surface area (Å²) in [6, 6.07) is 8.07. The minimum Gasteiger partial charge on any atom is -0.435 e. The molecule has 0 N–H and O–H groups in total. The van der Waals surface area contributed by atoms with Crippen molar-refractivity contribution in [2.45, 2.75) is 13.2 Å². The molecule has 0 atom stereocenters. The number of ether oxygens (including phenoxy) is 1. The lowest BCUT2D eigenvalue weighted by Crippen LogP contribution is -2.04. The van der Waals surface area contributed by atoms with Crippen molar-refractivity contribution in [3.05, 3.63) is 81.5 Å². The summed E-state index contributed by atoms with van der Waals surface area (Å²) in [7, 11) is 0. The molecule has 0 aliphatic rings. The highest BCUT2D eigenvalue weighted by atomic mass is 19.3. The zero-order valence-electron chi connectivity index (χ0n) is 14.6. The van der Waals surface area contributed by atoms with Gasteiger partial charge in [-0.2, -0.15) is 13.9 Å². The van der Waals surface area contributed by atoms with Crippen LogP contribution in [0.3, 0.4) is 0 Å².